The predicted octanol–water partition coefficient (Wildman–Crippen LogP) is 5.79. The third kappa shape index (κ3) is 9.61. The van der Waals surface area contributed by atoms with Crippen LogP contribution in [0.4, 0.5) is 8.78 Å². The maximum atomic E-state index is 13.9. The highest BCUT2D eigenvalue weighted by molar-refractivity contribution is 14.1. The molecule has 0 saturated heterocycles. The number of carbonyl (C=O) groups excluding carboxylic acids is 1. The Morgan fingerprint density at radius 1 is 0.950 bits per heavy atom. The molecule has 3 aromatic rings. The van der Waals surface area contributed by atoms with Gasteiger partial charge in [0.2, 0.25) is 0 Å². The molecule has 214 valence electrons. The van der Waals surface area contributed by atoms with Crippen LogP contribution in [0.1, 0.15) is 64.7 Å². The third-order valence-electron chi connectivity index (χ3n) is 7.37. The van der Waals surface area contributed by atoms with Gasteiger partial charge in [-0.3, -0.25) is 4.79 Å². The Balaban J connectivity index is 1.39. The molecule has 0 heterocycles. The van der Waals surface area contributed by atoms with Crippen LogP contribution in [-0.2, 0) is 19.5 Å². The van der Waals surface area contributed by atoms with Gasteiger partial charge in [-0.2, -0.15) is 0 Å². The Hall–Kier alpha value is -2.40. The molecular formula is C32H38F2IN3O2. The fourth-order valence-corrected chi connectivity index (χ4v) is 5.94. The zero-order valence-corrected chi connectivity index (χ0v) is 25.0. The quantitative estimate of drug-likeness (QED) is 0.186. The monoisotopic (exact) mass is 661 g/mol. The summed E-state index contributed by atoms with van der Waals surface area (Å²) in [5.41, 5.74) is 4.05. The van der Waals surface area contributed by atoms with Gasteiger partial charge in [0.25, 0.3) is 5.91 Å². The first kappa shape index (κ1) is 30.6. The number of nitrogens with one attached hydrogen (secondary N) is 3. The van der Waals surface area contributed by atoms with E-state index in [0.717, 1.165) is 26.3 Å². The second kappa shape index (κ2) is 15.0. The molecule has 0 aromatic heterocycles. The Kier molecular flexibility index (Phi) is 11.5. The van der Waals surface area contributed by atoms with Crippen molar-refractivity contribution in [3.8, 4) is 0 Å². The van der Waals surface area contributed by atoms with E-state index < -0.39 is 23.8 Å². The number of hydrogen-bond acceptors (Lipinski definition) is 4. The maximum Gasteiger partial charge on any atom is 0.251 e. The number of hydrogen-bond donors (Lipinski definition) is 4. The van der Waals surface area contributed by atoms with Gasteiger partial charge in [0.05, 0.1) is 6.10 Å². The average Bonchev–Trinajstić information content (AvgIpc) is 2.92. The van der Waals surface area contributed by atoms with Gasteiger partial charge in [0, 0.05) is 46.9 Å². The fraction of sp³-hybridized carbons (Fsp3) is 0.406. The van der Waals surface area contributed by atoms with Crippen LogP contribution in [-0.4, -0.2) is 35.7 Å². The van der Waals surface area contributed by atoms with Crippen LogP contribution in [0.15, 0.2) is 60.7 Å². The summed E-state index contributed by atoms with van der Waals surface area (Å²) < 4.78 is 28.8. The highest BCUT2D eigenvalue weighted by atomic mass is 127. The summed E-state index contributed by atoms with van der Waals surface area (Å²) in [4.78, 5) is 13.1. The first-order valence-electron chi connectivity index (χ1n) is 14.0. The van der Waals surface area contributed by atoms with E-state index in [1.807, 2.05) is 43.3 Å². The SMILES string of the molecule is Cc1cc(CNC2CCCCC2)cc(C(=O)NCC(O)C(Cc2cc(F)cc(F)c2)NCc2cccc(I)c2)c1. The van der Waals surface area contributed by atoms with Crippen molar-refractivity contribution in [3.63, 3.8) is 0 Å². The average molecular weight is 662 g/mol. The van der Waals surface area contributed by atoms with Crippen molar-refractivity contribution in [1.29, 1.82) is 0 Å². The molecule has 40 heavy (non-hydrogen) atoms. The Morgan fingerprint density at radius 2 is 1.70 bits per heavy atom. The normalized spacial score (nSPS) is 15.5. The van der Waals surface area contributed by atoms with Crippen molar-refractivity contribution < 1.29 is 18.7 Å². The van der Waals surface area contributed by atoms with Crippen molar-refractivity contribution in [2.45, 2.75) is 76.7 Å². The van der Waals surface area contributed by atoms with Gasteiger partial charge in [-0.1, -0.05) is 43.0 Å². The molecule has 5 nitrogen and oxygen atoms in total. The maximum absolute atomic E-state index is 13.9. The fourth-order valence-electron chi connectivity index (χ4n) is 5.33. The van der Waals surface area contributed by atoms with Crippen molar-refractivity contribution in [2.75, 3.05) is 6.54 Å². The van der Waals surface area contributed by atoms with E-state index in [4.69, 9.17) is 0 Å². The molecule has 2 unspecified atom stereocenters. The minimum absolute atomic E-state index is 0.00970. The van der Waals surface area contributed by atoms with Gasteiger partial charge in [-0.15, -0.1) is 0 Å². The smallest absolute Gasteiger partial charge is 0.251 e. The van der Waals surface area contributed by atoms with Crippen molar-refractivity contribution in [2.24, 2.45) is 0 Å². The van der Waals surface area contributed by atoms with Crippen molar-refractivity contribution in [3.05, 3.63) is 104 Å². The van der Waals surface area contributed by atoms with Gasteiger partial charge >= 0.3 is 0 Å². The number of halogens is 3. The number of benzene rings is 3. The summed E-state index contributed by atoms with van der Waals surface area (Å²) >= 11 is 2.24. The summed E-state index contributed by atoms with van der Waals surface area (Å²) in [6.07, 6.45) is 5.41. The molecule has 3 aromatic carbocycles. The summed E-state index contributed by atoms with van der Waals surface area (Å²) in [6.45, 7) is 3.13. The van der Waals surface area contributed by atoms with Gasteiger partial charge in [-0.05, 0) is 102 Å². The number of aryl methyl sites for hydroxylation is 1. The molecule has 8 heteroatoms. The lowest BCUT2D eigenvalue weighted by atomic mass is 9.95. The van der Waals surface area contributed by atoms with Crippen molar-refractivity contribution >= 4 is 28.5 Å². The Morgan fingerprint density at radius 3 is 2.42 bits per heavy atom. The molecule has 1 aliphatic rings. The number of carbonyl (C=O) groups is 1. The van der Waals surface area contributed by atoms with Crippen LogP contribution in [0.25, 0.3) is 0 Å². The summed E-state index contributed by atoms with van der Waals surface area (Å²) in [7, 11) is 0. The lowest BCUT2D eigenvalue weighted by Crippen LogP contribution is -2.47. The lowest BCUT2D eigenvalue weighted by Gasteiger charge is -2.25. The van der Waals surface area contributed by atoms with Crippen LogP contribution >= 0.6 is 22.6 Å². The van der Waals surface area contributed by atoms with E-state index in [1.165, 1.54) is 44.2 Å². The standard InChI is InChI=1S/C32H38F2IN3O2/c1-21-10-24(19-36-29-8-3-2-4-9-29)12-25(11-21)32(40)38-20-31(39)30(16-23-13-26(33)17-27(34)14-23)37-18-22-6-5-7-28(35)15-22/h5-7,10-15,17,29-31,36-37,39H,2-4,8-9,16,18-20H2,1H3,(H,38,40). The molecule has 4 N–H and O–H groups in total. The molecule has 0 radical (unpaired) electrons. The Labute approximate surface area is 249 Å². The zero-order chi connectivity index (χ0) is 28.5. The second-order valence-electron chi connectivity index (χ2n) is 10.8. The van der Waals surface area contributed by atoms with E-state index in [1.54, 1.807) is 0 Å². The van der Waals surface area contributed by atoms with Crippen LogP contribution < -0.4 is 16.0 Å². The molecule has 0 bridgehead atoms. The minimum Gasteiger partial charge on any atom is -0.390 e. The molecule has 1 saturated carbocycles. The van der Waals surface area contributed by atoms with Crippen LogP contribution in [0.2, 0.25) is 0 Å². The number of amides is 1. The third-order valence-corrected chi connectivity index (χ3v) is 8.04. The number of aliphatic hydroxyl groups excluding tert-OH is 1. The molecule has 2 atom stereocenters. The van der Waals surface area contributed by atoms with E-state index >= 15 is 0 Å². The first-order chi connectivity index (χ1) is 19.2. The molecule has 1 amide bonds. The van der Waals surface area contributed by atoms with E-state index in [0.29, 0.717) is 30.3 Å². The lowest BCUT2D eigenvalue weighted by molar-refractivity contribution is 0.0874. The second-order valence-corrected chi connectivity index (χ2v) is 12.0. The predicted molar refractivity (Wildman–Crippen MR) is 163 cm³/mol. The largest absolute Gasteiger partial charge is 0.390 e. The Bertz CT molecular complexity index is 1260. The molecule has 0 aliphatic heterocycles. The topological polar surface area (TPSA) is 73.4 Å². The highest BCUT2D eigenvalue weighted by Gasteiger charge is 2.22. The molecule has 1 fully saturated rings. The molecule has 0 spiro atoms. The van der Waals surface area contributed by atoms with E-state index in [2.05, 4.69) is 44.6 Å². The van der Waals surface area contributed by atoms with Crippen molar-refractivity contribution in [1.82, 2.24) is 16.0 Å². The minimum atomic E-state index is -0.990. The summed E-state index contributed by atoms with van der Waals surface area (Å²) in [5.74, 6) is -1.60. The highest BCUT2D eigenvalue weighted by Crippen LogP contribution is 2.19. The summed E-state index contributed by atoms with van der Waals surface area (Å²) in [6, 6.07) is 17.1. The number of aliphatic hydroxyl groups is 1. The molecule has 1 aliphatic carbocycles. The zero-order valence-electron chi connectivity index (χ0n) is 22.9. The van der Waals surface area contributed by atoms with Gasteiger partial charge in [0.1, 0.15) is 11.6 Å². The van der Waals surface area contributed by atoms with E-state index in [9.17, 15) is 18.7 Å². The summed E-state index contributed by atoms with van der Waals surface area (Å²) in [5, 5.41) is 20.9. The molecular weight excluding hydrogens is 623 g/mol. The van der Waals surface area contributed by atoms with Gasteiger partial charge in [0.15, 0.2) is 0 Å². The first-order valence-corrected chi connectivity index (χ1v) is 15.1. The molecule has 4 rings (SSSR count). The van der Waals surface area contributed by atoms with Gasteiger partial charge < -0.3 is 21.1 Å². The van der Waals surface area contributed by atoms with Gasteiger partial charge in [-0.25, -0.2) is 8.78 Å². The van der Waals surface area contributed by atoms with Crippen LogP contribution in [0.5, 0.6) is 0 Å². The van der Waals surface area contributed by atoms with Crippen LogP contribution in [0, 0.1) is 22.1 Å². The van der Waals surface area contributed by atoms with E-state index in [-0.39, 0.29) is 18.9 Å². The number of rotatable bonds is 12. The van der Waals surface area contributed by atoms with Crippen LogP contribution in [0.3, 0.4) is 0 Å².